The Kier molecular flexibility index (Phi) is 4.86. The van der Waals surface area contributed by atoms with Crippen LogP contribution in [0.15, 0.2) is 29.2 Å². The number of halogens is 1. The summed E-state index contributed by atoms with van der Waals surface area (Å²) < 4.78 is 39.5. The highest BCUT2D eigenvalue weighted by atomic mass is 32.2. The second-order valence-corrected chi connectivity index (χ2v) is 5.64. The number of hydrogen-bond acceptors (Lipinski definition) is 3. The predicted molar refractivity (Wildman–Crippen MR) is 70.2 cm³/mol. The van der Waals surface area contributed by atoms with Crippen LogP contribution < -0.4 is 10.5 Å². The zero-order valence-corrected chi connectivity index (χ0v) is 11.2. The third-order valence-electron chi connectivity index (χ3n) is 2.51. The summed E-state index contributed by atoms with van der Waals surface area (Å²) >= 11 is 0. The van der Waals surface area contributed by atoms with E-state index in [1.54, 1.807) is 0 Å². The van der Waals surface area contributed by atoms with E-state index in [2.05, 4.69) is 4.72 Å². The zero-order chi connectivity index (χ0) is 13.8. The largest absolute Gasteiger partial charge is 0.398 e. The minimum atomic E-state index is -3.71. The fraction of sp³-hybridized carbons (Fsp3) is 0.333. The van der Waals surface area contributed by atoms with Gasteiger partial charge in [-0.1, -0.05) is 12.2 Å². The molecule has 0 fully saturated rings. The topological polar surface area (TPSA) is 72.2 Å². The lowest BCUT2D eigenvalue weighted by Gasteiger charge is -2.08. The van der Waals surface area contributed by atoms with Crippen LogP contribution >= 0.6 is 0 Å². The van der Waals surface area contributed by atoms with Crippen LogP contribution in [0, 0.1) is 12.7 Å². The van der Waals surface area contributed by atoms with Crippen molar-refractivity contribution < 1.29 is 12.8 Å². The van der Waals surface area contributed by atoms with Gasteiger partial charge < -0.3 is 5.73 Å². The van der Waals surface area contributed by atoms with Crippen LogP contribution in [0.2, 0.25) is 0 Å². The van der Waals surface area contributed by atoms with E-state index in [1.165, 1.54) is 13.0 Å². The molecular weight excluding hydrogens is 255 g/mol. The first-order valence-corrected chi connectivity index (χ1v) is 7.03. The van der Waals surface area contributed by atoms with Crippen LogP contribution in [-0.4, -0.2) is 15.0 Å². The molecule has 0 aliphatic rings. The molecule has 3 N–H and O–H groups in total. The number of hydrogen-bond donors (Lipinski definition) is 2. The molecule has 0 spiro atoms. The normalized spacial score (nSPS) is 12.2. The monoisotopic (exact) mass is 272 g/mol. The fourth-order valence-electron chi connectivity index (χ4n) is 1.36. The van der Waals surface area contributed by atoms with Crippen molar-refractivity contribution in [2.24, 2.45) is 0 Å². The average Bonchev–Trinajstić information content (AvgIpc) is 2.31. The molecule has 0 heterocycles. The molecule has 0 saturated heterocycles. The lowest BCUT2D eigenvalue weighted by molar-refractivity contribution is 0.577. The van der Waals surface area contributed by atoms with Crippen molar-refractivity contribution in [1.29, 1.82) is 0 Å². The Labute approximate surface area is 107 Å². The number of rotatable bonds is 5. The van der Waals surface area contributed by atoms with Gasteiger partial charge in [-0.05, 0) is 32.4 Å². The van der Waals surface area contributed by atoms with Gasteiger partial charge >= 0.3 is 0 Å². The standard InChI is InChI=1S/C12H17FN2O2S/c1-3-4-5-6-15-18(16,17)10-7-11(13)9(2)12(14)8-10/h3-4,7-8,15H,5-6,14H2,1-2H3/b4-3+. The highest BCUT2D eigenvalue weighted by molar-refractivity contribution is 7.89. The number of benzene rings is 1. The highest BCUT2D eigenvalue weighted by Crippen LogP contribution is 2.20. The molecule has 1 aromatic rings. The Hall–Kier alpha value is -1.40. The number of anilines is 1. The Balaban J connectivity index is 2.92. The molecule has 0 saturated carbocycles. The van der Waals surface area contributed by atoms with Crippen LogP contribution in [0.5, 0.6) is 0 Å². The lowest BCUT2D eigenvalue weighted by atomic mass is 10.2. The highest BCUT2D eigenvalue weighted by Gasteiger charge is 2.16. The third-order valence-corrected chi connectivity index (χ3v) is 3.95. The maximum absolute atomic E-state index is 13.4. The zero-order valence-electron chi connectivity index (χ0n) is 10.4. The van der Waals surface area contributed by atoms with Crippen molar-refractivity contribution in [2.45, 2.75) is 25.2 Å². The van der Waals surface area contributed by atoms with E-state index in [0.717, 1.165) is 6.07 Å². The molecule has 0 aliphatic carbocycles. The van der Waals surface area contributed by atoms with Crippen molar-refractivity contribution in [3.05, 3.63) is 35.7 Å². The summed E-state index contributed by atoms with van der Waals surface area (Å²) in [4.78, 5) is -0.149. The lowest BCUT2D eigenvalue weighted by Crippen LogP contribution is -2.24. The summed E-state index contributed by atoms with van der Waals surface area (Å²) in [5, 5.41) is 0. The smallest absolute Gasteiger partial charge is 0.240 e. The first-order chi connectivity index (χ1) is 8.38. The van der Waals surface area contributed by atoms with Gasteiger partial charge in [-0.15, -0.1) is 0 Å². The SMILES string of the molecule is C/C=C/CCNS(=O)(=O)c1cc(N)c(C)c(F)c1. The average molecular weight is 272 g/mol. The van der Waals surface area contributed by atoms with Crippen LogP contribution in [-0.2, 0) is 10.0 Å². The van der Waals surface area contributed by atoms with Gasteiger partial charge in [0.15, 0.2) is 0 Å². The molecule has 0 amide bonds. The Morgan fingerprint density at radius 2 is 2.11 bits per heavy atom. The summed E-state index contributed by atoms with van der Waals surface area (Å²) in [5.41, 5.74) is 5.93. The van der Waals surface area contributed by atoms with E-state index in [0.29, 0.717) is 6.42 Å². The first kappa shape index (κ1) is 14.7. The van der Waals surface area contributed by atoms with Crippen molar-refractivity contribution in [2.75, 3.05) is 12.3 Å². The van der Waals surface area contributed by atoms with Crippen LogP contribution in [0.4, 0.5) is 10.1 Å². The summed E-state index contributed by atoms with van der Waals surface area (Å²) in [7, 11) is -3.71. The third kappa shape index (κ3) is 3.54. The van der Waals surface area contributed by atoms with Crippen LogP contribution in [0.1, 0.15) is 18.9 Å². The van der Waals surface area contributed by atoms with Gasteiger partial charge in [0.2, 0.25) is 10.0 Å². The van der Waals surface area contributed by atoms with E-state index >= 15 is 0 Å². The minimum Gasteiger partial charge on any atom is -0.398 e. The maximum Gasteiger partial charge on any atom is 0.240 e. The van der Waals surface area contributed by atoms with Gasteiger partial charge in [0.1, 0.15) is 5.82 Å². The van der Waals surface area contributed by atoms with E-state index in [1.807, 2.05) is 19.1 Å². The number of allylic oxidation sites excluding steroid dienone is 1. The summed E-state index contributed by atoms with van der Waals surface area (Å²) in [6.45, 7) is 3.62. The van der Waals surface area contributed by atoms with E-state index in [-0.39, 0.29) is 22.7 Å². The van der Waals surface area contributed by atoms with Gasteiger partial charge in [0.25, 0.3) is 0 Å². The molecule has 0 bridgehead atoms. The second-order valence-electron chi connectivity index (χ2n) is 3.87. The molecule has 6 heteroatoms. The molecular formula is C12H17FN2O2S. The number of nitrogen functional groups attached to an aromatic ring is 1. The predicted octanol–water partition coefficient (Wildman–Crippen LogP) is 1.96. The van der Waals surface area contributed by atoms with Crippen molar-refractivity contribution in [3.63, 3.8) is 0 Å². The summed E-state index contributed by atoms with van der Waals surface area (Å²) in [5.74, 6) is -0.621. The second kappa shape index (κ2) is 5.97. The molecule has 0 atom stereocenters. The molecule has 0 aliphatic heterocycles. The van der Waals surface area contributed by atoms with Crippen LogP contribution in [0.25, 0.3) is 0 Å². The van der Waals surface area contributed by atoms with Gasteiger partial charge in [-0.2, -0.15) is 0 Å². The van der Waals surface area contributed by atoms with Crippen molar-refractivity contribution in [3.8, 4) is 0 Å². The molecule has 4 nitrogen and oxygen atoms in total. The first-order valence-electron chi connectivity index (χ1n) is 5.55. The maximum atomic E-state index is 13.4. The Morgan fingerprint density at radius 3 is 2.67 bits per heavy atom. The number of nitrogens with one attached hydrogen (secondary N) is 1. The molecule has 0 aromatic heterocycles. The molecule has 0 radical (unpaired) electrons. The van der Waals surface area contributed by atoms with Crippen molar-refractivity contribution >= 4 is 15.7 Å². The number of sulfonamides is 1. The molecule has 1 aromatic carbocycles. The molecule has 18 heavy (non-hydrogen) atoms. The van der Waals surface area contributed by atoms with Gasteiger partial charge in [0.05, 0.1) is 4.90 Å². The van der Waals surface area contributed by atoms with Gasteiger partial charge in [-0.25, -0.2) is 17.5 Å². The van der Waals surface area contributed by atoms with E-state index in [9.17, 15) is 12.8 Å². The van der Waals surface area contributed by atoms with E-state index < -0.39 is 15.8 Å². The van der Waals surface area contributed by atoms with Crippen molar-refractivity contribution in [1.82, 2.24) is 4.72 Å². The van der Waals surface area contributed by atoms with E-state index in [4.69, 9.17) is 5.73 Å². The fourth-order valence-corrected chi connectivity index (χ4v) is 2.45. The Morgan fingerprint density at radius 1 is 1.44 bits per heavy atom. The van der Waals surface area contributed by atoms with Gasteiger partial charge in [-0.3, -0.25) is 0 Å². The molecule has 1 rings (SSSR count). The quantitative estimate of drug-likeness (QED) is 0.489. The minimum absolute atomic E-state index is 0.129. The van der Waals surface area contributed by atoms with Gasteiger partial charge in [0, 0.05) is 17.8 Å². The van der Waals surface area contributed by atoms with Crippen LogP contribution in [0.3, 0.4) is 0 Å². The molecule has 100 valence electrons. The summed E-state index contributed by atoms with van der Waals surface area (Å²) in [6, 6.07) is 2.24. The number of nitrogens with two attached hydrogens (primary N) is 1. The summed E-state index contributed by atoms with van der Waals surface area (Å²) in [6.07, 6.45) is 4.25. The Bertz CT molecular complexity index is 530. The molecule has 0 unspecified atom stereocenters.